The van der Waals surface area contributed by atoms with Crippen molar-refractivity contribution in [3.63, 3.8) is 0 Å². The Morgan fingerprint density at radius 1 is 1.37 bits per heavy atom. The molecule has 27 heavy (non-hydrogen) atoms. The van der Waals surface area contributed by atoms with E-state index in [1.165, 1.54) is 37.7 Å². The lowest BCUT2D eigenvalue weighted by Gasteiger charge is -2.54. The molecule has 2 aliphatic carbocycles. The third-order valence-electron chi connectivity index (χ3n) is 6.98. The zero-order chi connectivity index (χ0) is 18.9. The van der Waals surface area contributed by atoms with Gasteiger partial charge in [-0.15, -0.1) is 0 Å². The summed E-state index contributed by atoms with van der Waals surface area (Å²) in [5, 5.41) is 8.22. The Morgan fingerprint density at radius 2 is 2.19 bits per heavy atom. The summed E-state index contributed by atoms with van der Waals surface area (Å²) in [5.41, 5.74) is 1.69. The van der Waals surface area contributed by atoms with E-state index in [4.69, 9.17) is 9.73 Å². The number of aromatic nitrogens is 2. The monoisotopic (exact) mass is 373 g/mol. The number of hydrogen-bond acceptors (Lipinski definition) is 3. The fourth-order valence-electron chi connectivity index (χ4n) is 5.51. The minimum absolute atomic E-state index is 0.340. The average molecular weight is 374 g/mol. The molecule has 1 aromatic rings. The maximum atomic E-state index is 6.09. The fourth-order valence-corrected chi connectivity index (χ4v) is 5.51. The van der Waals surface area contributed by atoms with Crippen LogP contribution in [0.4, 0.5) is 0 Å². The van der Waals surface area contributed by atoms with Crippen LogP contribution in [-0.4, -0.2) is 59.0 Å². The molecular formula is C21H35N5O. The van der Waals surface area contributed by atoms with Gasteiger partial charge in [0, 0.05) is 56.9 Å². The minimum atomic E-state index is 0.340. The van der Waals surface area contributed by atoms with Gasteiger partial charge in [0.2, 0.25) is 0 Å². The van der Waals surface area contributed by atoms with E-state index in [-0.39, 0.29) is 0 Å². The Kier molecular flexibility index (Phi) is 5.44. The minimum Gasteiger partial charge on any atom is -0.378 e. The molecule has 4 rings (SSSR count). The summed E-state index contributed by atoms with van der Waals surface area (Å²) in [4.78, 5) is 7.31. The predicted octanol–water partition coefficient (Wildman–Crippen LogP) is 2.91. The molecule has 0 aromatic carbocycles. The summed E-state index contributed by atoms with van der Waals surface area (Å²) >= 11 is 0. The molecule has 0 radical (unpaired) electrons. The molecule has 6 nitrogen and oxygen atoms in total. The predicted molar refractivity (Wildman–Crippen MR) is 108 cm³/mol. The van der Waals surface area contributed by atoms with Crippen LogP contribution in [0.1, 0.15) is 63.9 Å². The molecule has 6 heteroatoms. The number of nitrogens with zero attached hydrogens (tertiary/aromatic N) is 4. The first-order valence-corrected chi connectivity index (χ1v) is 10.8. The Bertz CT molecular complexity index is 663. The summed E-state index contributed by atoms with van der Waals surface area (Å²) in [6, 6.07) is 0.513. The third-order valence-corrected chi connectivity index (χ3v) is 6.98. The largest absolute Gasteiger partial charge is 0.378 e. The van der Waals surface area contributed by atoms with Crippen LogP contribution in [-0.2, 0) is 11.8 Å². The standard InChI is InChI=1S/C21H35N5O/c1-4-22-20(26-11-8-16(15-26)17-13-23-25(3)14-17)24-18-12-19(27-5-2)21(18)9-6-7-10-21/h13-14,16,18-19H,4-12,15H2,1-3H3,(H,22,24). The molecule has 0 bridgehead atoms. The molecule has 1 N–H and O–H groups in total. The van der Waals surface area contributed by atoms with Crippen molar-refractivity contribution in [2.24, 2.45) is 17.5 Å². The highest BCUT2D eigenvalue weighted by Gasteiger charge is 2.57. The molecule has 2 saturated carbocycles. The Labute approximate surface area is 163 Å². The zero-order valence-electron chi connectivity index (χ0n) is 17.2. The maximum absolute atomic E-state index is 6.09. The molecule has 1 aromatic heterocycles. The number of likely N-dealkylation sites (tertiary alicyclic amines) is 1. The SMILES string of the molecule is CCN=C(NC1CC(OCC)C12CCCC2)N1CCC(c2cnn(C)c2)C1. The van der Waals surface area contributed by atoms with Gasteiger partial charge in [0.15, 0.2) is 5.96 Å². The van der Waals surface area contributed by atoms with Crippen LogP contribution < -0.4 is 5.32 Å². The average Bonchev–Trinajstić information content (AvgIpc) is 3.40. The number of nitrogens with one attached hydrogen (secondary N) is 1. The highest BCUT2D eigenvalue weighted by atomic mass is 16.5. The molecule has 1 aliphatic heterocycles. The topological polar surface area (TPSA) is 54.7 Å². The van der Waals surface area contributed by atoms with E-state index in [2.05, 4.69) is 35.4 Å². The molecule has 3 unspecified atom stereocenters. The van der Waals surface area contributed by atoms with E-state index < -0.39 is 0 Å². The second kappa shape index (κ2) is 7.82. The van der Waals surface area contributed by atoms with Crippen LogP contribution in [0.5, 0.6) is 0 Å². The van der Waals surface area contributed by atoms with Crippen LogP contribution in [0.2, 0.25) is 0 Å². The molecule has 2 heterocycles. The molecule has 3 fully saturated rings. The molecule has 0 amide bonds. The van der Waals surface area contributed by atoms with E-state index in [1.54, 1.807) is 0 Å². The molecule has 1 saturated heterocycles. The third kappa shape index (κ3) is 3.48. The van der Waals surface area contributed by atoms with Crippen molar-refractivity contribution < 1.29 is 4.74 Å². The number of rotatable bonds is 5. The first-order valence-electron chi connectivity index (χ1n) is 10.8. The van der Waals surface area contributed by atoms with Crippen LogP contribution in [0.25, 0.3) is 0 Å². The van der Waals surface area contributed by atoms with Crippen LogP contribution in [0.15, 0.2) is 17.4 Å². The highest BCUT2D eigenvalue weighted by Crippen LogP contribution is 2.54. The van der Waals surface area contributed by atoms with Crippen molar-refractivity contribution in [2.75, 3.05) is 26.2 Å². The number of guanidine groups is 1. The van der Waals surface area contributed by atoms with Gasteiger partial charge in [0.05, 0.1) is 12.3 Å². The Balaban J connectivity index is 1.42. The van der Waals surface area contributed by atoms with Gasteiger partial charge in [-0.3, -0.25) is 9.67 Å². The lowest BCUT2D eigenvalue weighted by molar-refractivity contribution is -0.126. The van der Waals surface area contributed by atoms with Gasteiger partial charge in [-0.2, -0.15) is 5.10 Å². The van der Waals surface area contributed by atoms with E-state index >= 15 is 0 Å². The van der Waals surface area contributed by atoms with Crippen molar-refractivity contribution in [3.05, 3.63) is 18.0 Å². The Morgan fingerprint density at radius 3 is 2.85 bits per heavy atom. The summed E-state index contributed by atoms with van der Waals surface area (Å²) in [6.07, 6.45) is 12.2. The van der Waals surface area contributed by atoms with Crippen molar-refractivity contribution in [1.29, 1.82) is 0 Å². The quantitative estimate of drug-likeness (QED) is 0.637. The molecule has 1 spiro atoms. The second-order valence-corrected chi connectivity index (χ2v) is 8.49. The zero-order valence-corrected chi connectivity index (χ0v) is 17.2. The summed E-state index contributed by atoms with van der Waals surface area (Å²) in [5.74, 6) is 1.66. The molecule has 3 aliphatic rings. The van der Waals surface area contributed by atoms with Gasteiger partial charge in [-0.05, 0) is 45.1 Å². The van der Waals surface area contributed by atoms with Crippen LogP contribution in [0, 0.1) is 5.41 Å². The van der Waals surface area contributed by atoms with Crippen molar-refractivity contribution in [1.82, 2.24) is 20.0 Å². The van der Waals surface area contributed by atoms with Crippen molar-refractivity contribution in [2.45, 2.75) is 70.4 Å². The van der Waals surface area contributed by atoms with E-state index in [0.29, 0.717) is 23.5 Å². The first-order chi connectivity index (χ1) is 13.2. The first kappa shape index (κ1) is 18.8. The second-order valence-electron chi connectivity index (χ2n) is 8.49. The number of hydrogen-bond donors (Lipinski definition) is 1. The number of aryl methyl sites for hydroxylation is 1. The van der Waals surface area contributed by atoms with Gasteiger partial charge in [-0.1, -0.05) is 12.8 Å². The van der Waals surface area contributed by atoms with Gasteiger partial charge in [0.1, 0.15) is 0 Å². The van der Waals surface area contributed by atoms with Gasteiger partial charge in [-0.25, -0.2) is 0 Å². The van der Waals surface area contributed by atoms with Gasteiger partial charge in [0.25, 0.3) is 0 Å². The van der Waals surface area contributed by atoms with Crippen LogP contribution >= 0.6 is 0 Å². The van der Waals surface area contributed by atoms with Gasteiger partial charge >= 0.3 is 0 Å². The smallest absolute Gasteiger partial charge is 0.194 e. The summed E-state index contributed by atoms with van der Waals surface area (Å²) in [7, 11) is 1.99. The fraction of sp³-hybridized carbons (Fsp3) is 0.810. The summed E-state index contributed by atoms with van der Waals surface area (Å²) < 4.78 is 7.99. The number of aliphatic imine (C=N–C) groups is 1. The highest BCUT2D eigenvalue weighted by molar-refractivity contribution is 5.81. The maximum Gasteiger partial charge on any atom is 0.194 e. The van der Waals surface area contributed by atoms with Crippen molar-refractivity contribution in [3.8, 4) is 0 Å². The Hall–Kier alpha value is -1.56. The normalized spacial score (nSPS) is 30.1. The van der Waals surface area contributed by atoms with E-state index in [1.807, 2.05) is 17.9 Å². The van der Waals surface area contributed by atoms with Crippen LogP contribution in [0.3, 0.4) is 0 Å². The lowest BCUT2D eigenvalue weighted by atomic mass is 9.60. The van der Waals surface area contributed by atoms with Gasteiger partial charge < -0.3 is 15.0 Å². The summed E-state index contributed by atoms with van der Waals surface area (Å²) in [6.45, 7) is 8.01. The molecular weight excluding hydrogens is 338 g/mol. The van der Waals surface area contributed by atoms with E-state index in [0.717, 1.165) is 38.6 Å². The molecule has 3 atom stereocenters. The lowest BCUT2D eigenvalue weighted by Crippen LogP contribution is -2.65. The van der Waals surface area contributed by atoms with Crippen molar-refractivity contribution >= 4 is 5.96 Å². The van der Waals surface area contributed by atoms with E-state index in [9.17, 15) is 0 Å². The number of ether oxygens (including phenoxy) is 1. The molecule has 150 valence electrons.